The van der Waals surface area contributed by atoms with Crippen LogP contribution in [0, 0.1) is 0 Å². The molecule has 0 saturated heterocycles. The fourth-order valence-corrected chi connectivity index (χ4v) is 2.37. The summed E-state index contributed by atoms with van der Waals surface area (Å²) in [7, 11) is 3.78. The van der Waals surface area contributed by atoms with Crippen molar-refractivity contribution in [2.45, 2.75) is 25.4 Å². The molecule has 2 atom stereocenters. The Morgan fingerprint density at radius 3 is 2.71 bits per heavy atom. The predicted octanol–water partition coefficient (Wildman–Crippen LogP) is 1.81. The standard InChI is InChI=1S/C16H26N2O3/c1-12(11-19-3)18(2)10-14(17)13-5-6-15-16(9-13)21-8-4-7-20-15/h5-6,9,12,14H,4,7-8,10-11,17H2,1-3H3. The average molecular weight is 294 g/mol. The van der Waals surface area contributed by atoms with Gasteiger partial charge in [-0.3, -0.25) is 4.90 Å². The molecule has 5 heteroatoms. The van der Waals surface area contributed by atoms with Gasteiger partial charge in [0.25, 0.3) is 0 Å². The van der Waals surface area contributed by atoms with Gasteiger partial charge in [0.05, 0.1) is 19.8 Å². The number of nitrogens with zero attached hydrogens (tertiary/aromatic N) is 1. The second kappa shape index (κ2) is 7.64. The Hall–Kier alpha value is -1.30. The Kier molecular flexibility index (Phi) is 5.85. The highest BCUT2D eigenvalue weighted by Crippen LogP contribution is 2.32. The summed E-state index contributed by atoms with van der Waals surface area (Å²) in [5, 5.41) is 0. The van der Waals surface area contributed by atoms with E-state index in [-0.39, 0.29) is 6.04 Å². The van der Waals surface area contributed by atoms with E-state index in [9.17, 15) is 0 Å². The highest BCUT2D eigenvalue weighted by atomic mass is 16.5. The van der Waals surface area contributed by atoms with E-state index in [1.165, 1.54) is 0 Å². The fourth-order valence-electron chi connectivity index (χ4n) is 2.37. The van der Waals surface area contributed by atoms with Crippen molar-refractivity contribution in [2.75, 3.05) is 40.5 Å². The molecule has 2 N–H and O–H groups in total. The first-order valence-corrected chi connectivity index (χ1v) is 7.46. The molecule has 5 nitrogen and oxygen atoms in total. The summed E-state index contributed by atoms with van der Waals surface area (Å²) in [4.78, 5) is 2.21. The summed E-state index contributed by atoms with van der Waals surface area (Å²) in [5.74, 6) is 1.61. The third-order valence-corrected chi connectivity index (χ3v) is 3.84. The second-order valence-electron chi connectivity index (χ2n) is 5.61. The van der Waals surface area contributed by atoms with E-state index in [1.807, 2.05) is 18.2 Å². The van der Waals surface area contributed by atoms with E-state index >= 15 is 0 Å². The number of ether oxygens (including phenoxy) is 3. The van der Waals surface area contributed by atoms with E-state index in [2.05, 4.69) is 18.9 Å². The molecule has 1 aliphatic heterocycles. The molecule has 0 fully saturated rings. The van der Waals surface area contributed by atoms with Gasteiger partial charge in [0.2, 0.25) is 0 Å². The zero-order valence-electron chi connectivity index (χ0n) is 13.2. The molecular formula is C16H26N2O3. The van der Waals surface area contributed by atoms with Crippen molar-refractivity contribution >= 4 is 0 Å². The lowest BCUT2D eigenvalue weighted by Gasteiger charge is -2.27. The van der Waals surface area contributed by atoms with E-state index < -0.39 is 0 Å². The van der Waals surface area contributed by atoms with E-state index in [1.54, 1.807) is 7.11 Å². The summed E-state index contributed by atoms with van der Waals surface area (Å²) >= 11 is 0. The van der Waals surface area contributed by atoms with Crippen LogP contribution in [0.4, 0.5) is 0 Å². The predicted molar refractivity (Wildman–Crippen MR) is 82.9 cm³/mol. The van der Waals surface area contributed by atoms with Crippen LogP contribution >= 0.6 is 0 Å². The molecule has 0 amide bonds. The smallest absolute Gasteiger partial charge is 0.161 e. The van der Waals surface area contributed by atoms with Crippen molar-refractivity contribution < 1.29 is 14.2 Å². The fraction of sp³-hybridized carbons (Fsp3) is 0.625. The van der Waals surface area contributed by atoms with Crippen molar-refractivity contribution in [1.29, 1.82) is 0 Å². The Morgan fingerprint density at radius 2 is 2.00 bits per heavy atom. The van der Waals surface area contributed by atoms with Crippen LogP contribution in [0.15, 0.2) is 18.2 Å². The number of methoxy groups -OCH3 is 1. The van der Waals surface area contributed by atoms with Crippen LogP contribution < -0.4 is 15.2 Å². The van der Waals surface area contributed by atoms with Gasteiger partial charge < -0.3 is 19.9 Å². The molecular weight excluding hydrogens is 268 g/mol. The third-order valence-electron chi connectivity index (χ3n) is 3.84. The van der Waals surface area contributed by atoms with Gasteiger partial charge in [0, 0.05) is 32.2 Å². The molecule has 1 aromatic rings. The first kappa shape index (κ1) is 16.1. The van der Waals surface area contributed by atoms with Crippen LogP contribution in [0.1, 0.15) is 24.9 Å². The summed E-state index contributed by atoms with van der Waals surface area (Å²) in [6.45, 7) is 4.99. The summed E-state index contributed by atoms with van der Waals surface area (Å²) in [6, 6.07) is 6.25. The first-order chi connectivity index (χ1) is 10.1. The topological polar surface area (TPSA) is 57.0 Å². The van der Waals surface area contributed by atoms with Crippen molar-refractivity contribution in [3.63, 3.8) is 0 Å². The van der Waals surface area contributed by atoms with E-state index in [4.69, 9.17) is 19.9 Å². The minimum absolute atomic E-state index is 0.0635. The zero-order valence-corrected chi connectivity index (χ0v) is 13.2. The Morgan fingerprint density at radius 1 is 1.29 bits per heavy atom. The molecule has 1 aromatic carbocycles. The number of nitrogens with two attached hydrogens (primary N) is 1. The summed E-state index contributed by atoms with van der Waals surface area (Å²) in [6.07, 6.45) is 0.910. The van der Waals surface area contributed by atoms with Crippen LogP contribution in [0.2, 0.25) is 0 Å². The SMILES string of the molecule is COCC(C)N(C)CC(N)c1ccc2c(c1)OCCCO2. The number of hydrogen-bond acceptors (Lipinski definition) is 5. The van der Waals surface area contributed by atoms with Gasteiger partial charge in [-0.25, -0.2) is 0 Å². The maximum absolute atomic E-state index is 6.32. The Balaban J connectivity index is 2.02. The molecule has 0 radical (unpaired) electrons. The maximum Gasteiger partial charge on any atom is 0.161 e. The molecule has 0 spiro atoms. The van der Waals surface area contributed by atoms with Crippen LogP contribution in [0.25, 0.3) is 0 Å². The number of hydrogen-bond donors (Lipinski definition) is 1. The highest BCUT2D eigenvalue weighted by Gasteiger charge is 2.17. The lowest BCUT2D eigenvalue weighted by molar-refractivity contribution is 0.112. The second-order valence-corrected chi connectivity index (χ2v) is 5.61. The summed E-state index contributed by atoms with van der Waals surface area (Å²) < 4.78 is 16.5. The number of rotatable bonds is 6. The molecule has 1 aliphatic rings. The molecule has 21 heavy (non-hydrogen) atoms. The molecule has 0 saturated carbocycles. The molecule has 118 valence electrons. The van der Waals surface area contributed by atoms with E-state index in [0.29, 0.717) is 25.9 Å². The van der Waals surface area contributed by atoms with Crippen LogP contribution in [0.3, 0.4) is 0 Å². The number of benzene rings is 1. The Bertz CT molecular complexity index is 453. The van der Waals surface area contributed by atoms with Gasteiger partial charge in [0.1, 0.15) is 0 Å². The minimum Gasteiger partial charge on any atom is -0.490 e. The van der Waals surface area contributed by atoms with Gasteiger partial charge in [0.15, 0.2) is 11.5 Å². The quantitative estimate of drug-likeness (QED) is 0.867. The molecule has 1 heterocycles. The molecule has 2 rings (SSSR count). The Labute approximate surface area is 127 Å². The highest BCUT2D eigenvalue weighted by molar-refractivity contribution is 5.44. The normalized spacial score (nSPS) is 17.4. The van der Waals surface area contributed by atoms with Crippen molar-refractivity contribution in [1.82, 2.24) is 4.90 Å². The summed E-state index contributed by atoms with van der Waals surface area (Å²) in [5.41, 5.74) is 7.39. The monoisotopic (exact) mass is 294 g/mol. The number of fused-ring (bicyclic) bond motifs is 1. The van der Waals surface area contributed by atoms with E-state index in [0.717, 1.165) is 30.0 Å². The largest absolute Gasteiger partial charge is 0.490 e. The van der Waals surface area contributed by atoms with Crippen LogP contribution in [0.5, 0.6) is 11.5 Å². The van der Waals surface area contributed by atoms with Gasteiger partial charge in [-0.15, -0.1) is 0 Å². The maximum atomic E-state index is 6.32. The average Bonchev–Trinajstić information content (AvgIpc) is 2.71. The molecule has 0 aromatic heterocycles. The molecule has 0 aliphatic carbocycles. The van der Waals surface area contributed by atoms with Gasteiger partial charge in [-0.2, -0.15) is 0 Å². The molecule has 0 bridgehead atoms. The van der Waals surface area contributed by atoms with Crippen LogP contribution in [-0.2, 0) is 4.74 Å². The van der Waals surface area contributed by atoms with Crippen molar-refractivity contribution in [2.24, 2.45) is 5.73 Å². The van der Waals surface area contributed by atoms with Gasteiger partial charge in [-0.1, -0.05) is 6.07 Å². The molecule has 2 unspecified atom stereocenters. The van der Waals surface area contributed by atoms with Crippen LogP contribution in [-0.4, -0.2) is 51.5 Å². The van der Waals surface area contributed by atoms with Gasteiger partial charge in [-0.05, 0) is 31.7 Å². The third kappa shape index (κ3) is 4.33. The van der Waals surface area contributed by atoms with Gasteiger partial charge >= 0.3 is 0 Å². The van der Waals surface area contributed by atoms with Crippen molar-refractivity contribution in [3.8, 4) is 11.5 Å². The van der Waals surface area contributed by atoms with Crippen molar-refractivity contribution in [3.05, 3.63) is 23.8 Å². The lowest BCUT2D eigenvalue weighted by atomic mass is 10.1. The first-order valence-electron chi connectivity index (χ1n) is 7.46. The lowest BCUT2D eigenvalue weighted by Crippen LogP contribution is -2.37. The minimum atomic E-state index is -0.0635. The zero-order chi connectivity index (χ0) is 15.2. The number of likely N-dealkylation sites (N-methyl/N-ethyl adjacent to an activating group) is 1.